The van der Waals surface area contributed by atoms with E-state index < -0.39 is 209 Å². The number of hydrogen-bond acceptors (Lipinski definition) is 33. The van der Waals surface area contributed by atoms with Gasteiger partial charge >= 0.3 is 23.7 Å². The maximum Gasteiger partial charge on any atom is 0.342 e. The number of esters is 3. The van der Waals surface area contributed by atoms with Crippen LogP contribution in [0.2, 0.25) is 0 Å². The predicted molar refractivity (Wildman–Crippen MR) is 432 cm³/mol. The topological polar surface area (TPSA) is 456 Å². The van der Waals surface area contributed by atoms with Crippen molar-refractivity contribution in [1.82, 2.24) is 29.6 Å². The van der Waals surface area contributed by atoms with Crippen LogP contribution in [-0.2, 0) is 82.5 Å². The number of carbonyl (C=O) groups is 3. The van der Waals surface area contributed by atoms with Gasteiger partial charge in [-0.2, -0.15) is 0 Å². The Morgan fingerprint density at radius 3 is 1.42 bits per heavy atom. The van der Waals surface area contributed by atoms with Crippen LogP contribution >= 0.6 is 0 Å². The average Bonchev–Trinajstić information content (AvgIpc) is 1.08. The van der Waals surface area contributed by atoms with Crippen LogP contribution in [0.4, 0.5) is 5.82 Å². The van der Waals surface area contributed by atoms with E-state index in [2.05, 4.69) is 10.3 Å². The highest BCUT2D eigenvalue weighted by molar-refractivity contribution is 5.73. The van der Waals surface area contributed by atoms with E-state index in [-0.39, 0.29) is 107 Å². The van der Waals surface area contributed by atoms with Gasteiger partial charge in [-0.25, -0.2) is 9.55 Å². The number of cyclic esters (lactones) is 2. The molecule has 6 aliphatic rings. The number of aliphatic hydroxyl groups excluding tert-OH is 6. The first-order valence-electron chi connectivity index (χ1n) is 42.4. The highest BCUT2D eigenvalue weighted by Gasteiger charge is 2.57. The Morgan fingerprint density at radius 2 is 1.03 bits per heavy atom. The summed E-state index contributed by atoms with van der Waals surface area (Å²) in [4.78, 5) is 62.4. The smallest absolute Gasteiger partial charge is 0.342 e. The quantitative estimate of drug-likeness (QED) is 0.0360. The molecule has 7 heterocycles. The summed E-state index contributed by atoms with van der Waals surface area (Å²) < 4.78 is 82.0. The molecule has 0 aliphatic carbocycles. The van der Waals surface area contributed by atoms with Crippen LogP contribution < -0.4 is 5.32 Å². The number of rotatable bonds is 21. The van der Waals surface area contributed by atoms with E-state index in [1.165, 1.54) is 32.6 Å². The van der Waals surface area contributed by atoms with E-state index in [0.29, 0.717) is 25.2 Å². The average molecular weight is 1700 g/mol. The van der Waals surface area contributed by atoms with Crippen molar-refractivity contribution < 1.29 is 132 Å². The highest BCUT2D eigenvalue weighted by atomic mass is 16.7. The molecule has 6 saturated heterocycles. The minimum absolute atomic E-state index is 0.00507. The lowest BCUT2D eigenvalue weighted by atomic mass is 9.77. The molecule has 686 valence electrons. The molecule has 0 aromatic carbocycles. The van der Waals surface area contributed by atoms with E-state index in [0.717, 1.165) is 6.20 Å². The number of aryl methyl sites for hydroxylation is 1. The summed E-state index contributed by atoms with van der Waals surface area (Å²) in [5.41, 5.74) is -9.22. The Hall–Kier alpha value is -3.94. The number of ether oxygens (including phenoxy) is 13. The van der Waals surface area contributed by atoms with Crippen molar-refractivity contribution in [3.63, 3.8) is 0 Å². The monoisotopic (exact) mass is 1690 g/mol. The molecule has 36 atom stereocenters. The number of nitrogens with zero attached hydrogens (tertiary/aromatic N) is 6. The van der Waals surface area contributed by atoms with Gasteiger partial charge in [-0.05, 0) is 187 Å². The van der Waals surface area contributed by atoms with Crippen molar-refractivity contribution in [1.29, 1.82) is 0 Å². The predicted octanol–water partition coefficient (Wildman–Crippen LogP) is 3.88. The van der Waals surface area contributed by atoms with Gasteiger partial charge in [-0.3, -0.25) is 19.3 Å². The van der Waals surface area contributed by atoms with Crippen LogP contribution in [0, 0.1) is 52.5 Å². The Morgan fingerprint density at radius 1 is 0.610 bits per heavy atom. The van der Waals surface area contributed by atoms with Crippen LogP contribution in [0.15, 0.2) is 6.20 Å². The third kappa shape index (κ3) is 25.0. The zero-order valence-electron chi connectivity index (χ0n) is 75.3. The Balaban J connectivity index is 0.000000380. The molecule has 0 saturated carbocycles. The Bertz CT molecular complexity index is 3300. The number of methoxy groups -OCH3 is 2. The normalized spacial score (nSPS) is 44.9. The lowest BCUT2D eigenvalue weighted by molar-refractivity contribution is -0.392. The molecule has 35 heteroatoms. The second kappa shape index (κ2) is 42.8. The molecule has 0 unspecified atom stereocenters. The van der Waals surface area contributed by atoms with Crippen LogP contribution in [0.1, 0.15) is 202 Å². The third-order valence-electron chi connectivity index (χ3n) is 26.2. The number of aromatic nitrogens is 2. The minimum atomic E-state index is -2.02. The maximum atomic E-state index is 14.5. The molecule has 1 aromatic rings. The molecule has 35 nitrogen and oxygen atoms in total. The number of nitro groups is 1. The summed E-state index contributed by atoms with van der Waals surface area (Å²) in [6.07, 6.45) is -17.1. The van der Waals surface area contributed by atoms with Crippen molar-refractivity contribution in [3.05, 3.63) is 22.1 Å². The first kappa shape index (κ1) is 103. The van der Waals surface area contributed by atoms with Crippen molar-refractivity contribution in [3.8, 4) is 0 Å². The molecule has 0 amide bonds. The van der Waals surface area contributed by atoms with Crippen molar-refractivity contribution in [2.45, 2.75) is 390 Å². The molecule has 0 spiro atoms. The fourth-order valence-corrected chi connectivity index (χ4v) is 18.7. The van der Waals surface area contributed by atoms with E-state index in [4.69, 9.17) is 61.6 Å². The molecular formula is C83H151N7O28. The zero-order chi connectivity index (χ0) is 89.3. The number of imidazole rings is 1. The van der Waals surface area contributed by atoms with Gasteiger partial charge in [0, 0.05) is 83.1 Å². The van der Waals surface area contributed by atoms with Crippen LogP contribution in [0.3, 0.4) is 0 Å². The van der Waals surface area contributed by atoms with Gasteiger partial charge in [-0.1, -0.05) is 41.5 Å². The van der Waals surface area contributed by atoms with E-state index >= 15 is 0 Å². The standard InChI is InChI=1S/C46H81N5O16.C37H70N2O12/c1-15-33-46(11,58)39(54)29(6)49(17-16-35(52)62-19-18-50-31(8)47-23-34(50)51(59)60)24-25(2)21-44(9,57)41(67-43-37(53)32(48(12)13)20-26(3)63-43)27(4)38(28(5)42(56)65-33)66-36-22-45(10,61-14)40(55)30(7)64-36;1-14-26-37(10,45)30(41)23(6)38-18-19(2)16-35(8,44)32(51-34-28(40)25(39(11)12)15-20(3)47-34)21(4)29(22(5)33(43)49-26)50-27-17-36(9,46-13)31(42)24(7)48-27/h23,25-30,32-33,36-41,43,53-55,57-58H,15-22,24H2,1-14H3;19-32,34,38,40-42,44-45H,14-18H2,1-13H3/t25-,26-,27+,28-,29-,30+,32+,33-,36+,37-,38+,39-,40+,41-,43+,44-,45-,46-;19-,20-,21+,22-,23-,24+,25+,26-,27+,28-,29+,30-,31+,32-,34+,35-,36-,37-/m11/s1. The minimum Gasteiger partial charge on any atom is -0.461 e. The first-order valence-corrected chi connectivity index (χ1v) is 42.4. The van der Waals surface area contributed by atoms with Gasteiger partial charge in [0.25, 0.3) is 0 Å². The molecule has 6 fully saturated rings. The van der Waals surface area contributed by atoms with Gasteiger partial charge < -0.3 is 138 Å². The first-order chi connectivity index (χ1) is 54.6. The summed E-state index contributed by atoms with van der Waals surface area (Å²) in [7, 11) is 10.4. The fraction of sp³-hybridized carbons (Fsp3) is 0.928. The van der Waals surface area contributed by atoms with Crippen molar-refractivity contribution in [2.75, 3.05) is 68.7 Å². The third-order valence-corrected chi connectivity index (χ3v) is 26.2. The summed E-state index contributed by atoms with van der Waals surface area (Å²) in [5, 5.41) is 132. The summed E-state index contributed by atoms with van der Waals surface area (Å²) in [6.45, 7) is 36.4. The van der Waals surface area contributed by atoms with Crippen LogP contribution in [0.5, 0.6) is 0 Å². The molecule has 1 aromatic heterocycles. The molecule has 11 N–H and O–H groups in total. The van der Waals surface area contributed by atoms with Crippen LogP contribution in [0.25, 0.3) is 0 Å². The highest BCUT2D eigenvalue weighted by Crippen LogP contribution is 2.44. The number of carbonyl (C=O) groups excluding carboxylic acids is 3. The molecule has 0 radical (unpaired) electrons. The van der Waals surface area contributed by atoms with E-state index in [1.807, 2.05) is 72.6 Å². The maximum absolute atomic E-state index is 14.5. The number of likely N-dealkylation sites (N-methyl/N-ethyl adjacent to an activating group) is 2. The second-order valence-corrected chi connectivity index (χ2v) is 36.9. The fourth-order valence-electron chi connectivity index (χ4n) is 18.7. The lowest BCUT2D eigenvalue weighted by Gasteiger charge is -2.48. The molecular weight excluding hydrogens is 1540 g/mol. The summed E-state index contributed by atoms with van der Waals surface area (Å²) in [5.74, 6) is -6.22. The number of aliphatic hydroxyl groups is 10. The molecule has 7 rings (SSSR count). The summed E-state index contributed by atoms with van der Waals surface area (Å²) in [6, 6.07) is -2.06. The van der Waals surface area contributed by atoms with Gasteiger partial charge in [0.1, 0.15) is 79.4 Å². The molecule has 0 bridgehead atoms. The van der Waals surface area contributed by atoms with Crippen molar-refractivity contribution in [2.24, 2.45) is 35.5 Å². The number of nitrogens with one attached hydrogen (secondary N) is 1. The van der Waals surface area contributed by atoms with E-state index in [1.54, 1.807) is 102 Å². The van der Waals surface area contributed by atoms with Gasteiger partial charge in [-0.15, -0.1) is 0 Å². The largest absolute Gasteiger partial charge is 0.461 e. The van der Waals surface area contributed by atoms with Gasteiger partial charge in [0.05, 0.1) is 89.5 Å². The zero-order valence-corrected chi connectivity index (χ0v) is 75.3. The van der Waals surface area contributed by atoms with E-state index in [9.17, 15) is 75.6 Å². The summed E-state index contributed by atoms with van der Waals surface area (Å²) >= 11 is 0. The Labute approximate surface area is 699 Å². The SMILES string of the molecule is CC[C@H]1OC(=O)[C@H](C)[C@@H](O[C@H]2C[C@@](C)(OC)[C@@H](O)[C@H](C)O2)[C@H](C)[C@@H](O[C@@H]2O[C@H](C)C[C@H](N(C)C)[C@H]2O)[C@](C)(O)C[C@@H](C)CN(CCC(=O)OCCn2c([N+](=O)[O-])cnc2C)[C@H](C)[C@@H](O)[C@]1(C)O.CC[C@H]1OC(=O)[C@H](C)[C@@H](O[C@H]2C[C@@](C)(OC)[C@@H](O)[C@H](C)O2)[C@H](C)[C@@H](O[C@@H]2O[C@H](C)C[C@H](N(C)C)[C@H]2O)[C@](C)(O)C[C@@H](C)CN[C@H](C)[C@@H](O)[C@]1(C)O. The molecule has 6 aliphatic heterocycles. The molecule has 118 heavy (non-hydrogen) atoms. The number of hydrogen-bond donors (Lipinski definition) is 11. The van der Waals surface area contributed by atoms with Gasteiger partial charge in [0.15, 0.2) is 31.0 Å². The van der Waals surface area contributed by atoms with Crippen LogP contribution in [-0.4, -0.2) is 347 Å². The lowest BCUT2D eigenvalue weighted by Crippen LogP contribution is -2.60. The van der Waals surface area contributed by atoms with Gasteiger partial charge in [0.2, 0.25) is 0 Å². The second-order valence-electron chi connectivity index (χ2n) is 36.9. The Kier molecular flexibility index (Phi) is 37.3. The van der Waals surface area contributed by atoms with Crippen molar-refractivity contribution >= 4 is 23.7 Å².